The van der Waals surface area contributed by atoms with Crippen LogP contribution < -0.4 is 5.73 Å². The van der Waals surface area contributed by atoms with Crippen molar-refractivity contribution >= 4 is 28.2 Å². The van der Waals surface area contributed by atoms with Gasteiger partial charge in [0.1, 0.15) is 0 Å². The summed E-state index contributed by atoms with van der Waals surface area (Å²) in [4.78, 5) is 4.59. The Morgan fingerprint density at radius 1 is 1.60 bits per heavy atom. The second kappa shape index (κ2) is 6.85. The highest BCUT2D eigenvalue weighted by atomic mass is 32.2. The maximum atomic E-state index is 11.8. The zero-order chi connectivity index (χ0) is 11.1. The summed E-state index contributed by atoms with van der Waals surface area (Å²) in [7, 11) is -0.977. The van der Waals surface area contributed by atoms with Crippen molar-refractivity contribution in [3.05, 3.63) is 18.5 Å². The summed E-state index contributed by atoms with van der Waals surface area (Å²) in [6.45, 7) is 2.13. The van der Waals surface area contributed by atoms with E-state index in [2.05, 4.69) is 11.9 Å². The molecule has 1 atom stereocenters. The normalized spacial score (nSPS) is 12.6. The molecule has 0 spiro atoms. The molecule has 3 nitrogen and oxygen atoms in total. The topological polar surface area (TPSA) is 56.0 Å². The molecule has 2 N–H and O–H groups in total. The Labute approximate surface area is 97.3 Å². The van der Waals surface area contributed by atoms with Gasteiger partial charge in [0, 0.05) is 11.9 Å². The number of rotatable bonds is 6. The van der Waals surface area contributed by atoms with Crippen LogP contribution in [0.25, 0.3) is 0 Å². The highest BCUT2D eigenvalue weighted by molar-refractivity contribution is 7.99. The number of thioether (sulfide) groups is 1. The maximum absolute atomic E-state index is 11.8. The largest absolute Gasteiger partial charge is 0.396 e. The molecule has 15 heavy (non-hydrogen) atoms. The lowest BCUT2D eigenvalue weighted by atomic mass is 10.4. The summed E-state index contributed by atoms with van der Waals surface area (Å²) in [6.07, 6.45) is 4.14. The second-order valence-electron chi connectivity index (χ2n) is 3.01. The van der Waals surface area contributed by atoms with Crippen molar-refractivity contribution in [3.8, 4) is 0 Å². The average Bonchev–Trinajstić information content (AvgIpc) is 2.25. The van der Waals surface area contributed by atoms with Gasteiger partial charge in [-0.3, -0.25) is 9.19 Å². The lowest BCUT2D eigenvalue weighted by Gasteiger charge is -2.04. The summed E-state index contributed by atoms with van der Waals surface area (Å²) >= 11 is 1.87. The summed E-state index contributed by atoms with van der Waals surface area (Å²) in [5, 5.41) is 0. The van der Waals surface area contributed by atoms with Gasteiger partial charge in [-0.25, -0.2) is 0 Å². The van der Waals surface area contributed by atoms with Crippen LogP contribution in [0, 0.1) is 0 Å². The first-order chi connectivity index (χ1) is 7.25. The Kier molecular flexibility index (Phi) is 5.71. The van der Waals surface area contributed by atoms with Gasteiger partial charge < -0.3 is 5.73 Å². The number of hydrogen-bond acceptors (Lipinski definition) is 4. The Morgan fingerprint density at radius 3 is 3.07 bits per heavy atom. The van der Waals surface area contributed by atoms with Gasteiger partial charge in [-0.05, 0) is 24.0 Å². The smallest absolute Gasteiger partial charge is 0.0664 e. The van der Waals surface area contributed by atoms with Crippen molar-refractivity contribution < 1.29 is 4.21 Å². The van der Waals surface area contributed by atoms with Crippen LogP contribution in [0.4, 0.5) is 5.69 Å². The van der Waals surface area contributed by atoms with E-state index in [1.54, 1.807) is 18.5 Å². The Hall–Kier alpha value is -0.550. The average molecular weight is 244 g/mol. The Balaban J connectivity index is 2.44. The van der Waals surface area contributed by atoms with E-state index >= 15 is 0 Å². The van der Waals surface area contributed by atoms with Gasteiger partial charge in [0.15, 0.2) is 0 Å². The molecule has 0 aromatic carbocycles. The third-order valence-electron chi connectivity index (χ3n) is 1.88. The quantitative estimate of drug-likeness (QED) is 0.777. The number of pyridine rings is 1. The number of hydrogen-bond donors (Lipinski definition) is 1. The maximum Gasteiger partial charge on any atom is 0.0664 e. The predicted molar refractivity (Wildman–Crippen MR) is 67.5 cm³/mol. The monoisotopic (exact) mass is 244 g/mol. The molecule has 1 rings (SSSR count). The number of nitrogens with two attached hydrogens (primary N) is 1. The van der Waals surface area contributed by atoms with Crippen molar-refractivity contribution in [2.75, 3.05) is 23.0 Å². The van der Waals surface area contributed by atoms with Gasteiger partial charge >= 0.3 is 0 Å². The van der Waals surface area contributed by atoms with Crippen LogP contribution in [-0.2, 0) is 10.8 Å². The van der Waals surface area contributed by atoms with Gasteiger partial charge in [0.2, 0.25) is 0 Å². The first-order valence-corrected chi connectivity index (χ1v) is 7.38. The van der Waals surface area contributed by atoms with Crippen LogP contribution >= 0.6 is 11.8 Å². The molecule has 1 aromatic rings. The van der Waals surface area contributed by atoms with Gasteiger partial charge in [0.25, 0.3) is 0 Å². The van der Waals surface area contributed by atoms with E-state index < -0.39 is 10.8 Å². The zero-order valence-corrected chi connectivity index (χ0v) is 10.4. The summed E-state index contributed by atoms with van der Waals surface area (Å²) in [6, 6.07) is 1.73. The number of aromatic nitrogens is 1. The fourth-order valence-corrected chi connectivity index (χ4v) is 3.12. The first kappa shape index (κ1) is 12.5. The van der Waals surface area contributed by atoms with Crippen molar-refractivity contribution in [3.63, 3.8) is 0 Å². The molecule has 0 aliphatic rings. The Morgan fingerprint density at radius 2 is 2.40 bits per heavy atom. The Bertz CT molecular complexity index is 331. The molecule has 0 bridgehead atoms. The third-order valence-corrected chi connectivity index (χ3v) is 4.39. The molecule has 0 fully saturated rings. The fourth-order valence-electron chi connectivity index (χ4n) is 1.15. The van der Waals surface area contributed by atoms with E-state index in [4.69, 9.17) is 5.73 Å². The minimum Gasteiger partial charge on any atom is -0.396 e. The number of nitrogen functional groups attached to an aromatic ring is 1. The molecule has 0 saturated carbocycles. The van der Waals surface area contributed by atoms with Crippen LogP contribution in [-0.4, -0.2) is 26.5 Å². The molecule has 84 valence electrons. The molecule has 5 heteroatoms. The van der Waals surface area contributed by atoms with E-state index in [1.165, 1.54) is 0 Å². The summed E-state index contributed by atoms with van der Waals surface area (Å²) in [5.41, 5.74) is 6.22. The highest BCUT2D eigenvalue weighted by Crippen LogP contribution is 2.15. The molecule has 0 aliphatic carbocycles. The van der Waals surface area contributed by atoms with Crippen molar-refractivity contribution in [2.24, 2.45) is 0 Å². The zero-order valence-electron chi connectivity index (χ0n) is 8.81. The molecule has 1 heterocycles. The SMILES string of the molecule is CCSCCCS(=O)c1ccncc1N. The molecule has 1 aromatic heterocycles. The molecule has 0 amide bonds. The third kappa shape index (κ3) is 4.22. The van der Waals surface area contributed by atoms with Crippen molar-refractivity contribution in [2.45, 2.75) is 18.2 Å². The minimum atomic E-state index is -0.977. The predicted octanol–water partition coefficient (Wildman–Crippen LogP) is 1.91. The standard InChI is InChI=1S/C10H16N2OS2/c1-2-14-6-3-7-15(13)10-4-5-12-8-9(10)11/h4-5,8H,2-3,6-7,11H2,1H3. The van der Waals surface area contributed by atoms with E-state index in [0.717, 1.165) is 17.9 Å². The van der Waals surface area contributed by atoms with Crippen LogP contribution in [0.1, 0.15) is 13.3 Å². The van der Waals surface area contributed by atoms with Crippen LogP contribution in [0.2, 0.25) is 0 Å². The highest BCUT2D eigenvalue weighted by Gasteiger charge is 2.06. The summed E-state index contributed by atoms with van der Waals surface area (Å²) < 4.78 is 11.8. The molecular weight excluding hydrogens is 228 g/mol. The number of nitrogens with zero attached hydrogens (tertiary/aromatic N) is 1. The van der Waals surface area contributed by atoms with Crippen molar-refractivity contribution in [1.82, 2.24) is 4.98 Å². The van der Waals surface area contributed by atoms with Gasteiger partial charge in [-0.1, -0.05) is 6.92 Å². The minimum absolute atomic E-state index is 0.527. The van der Waals surface area contributed by atoms with E-state index in [-0.39, 0.29) is 0 Å². The molecule has 0 radical (unpaired) electrons. The first-order valence-electron chi connectivity index (χ1n) is 4.91. The van der Waals surface area contributed by atoms with Gasteiger partial charge in [0.05, 0.1) is 27.6 Å². The molecule has 0 aliphatic heterocycles. The van der Waals surface area contributed by atoms with Gasteiger partial charge in [-0.15, -0.1) is 0 Å². The fraction of sp³-hybridized carbons (Fsp3) is 0.500. The van der Waals surface area contributed by atoms with Crippen molar-refractivity contribution in [1.29, 1.82) is 0 Å². The van der Waals surface area contributed by atoms with E-state index in [9.17, 15) is 4.21 Å². The lowest BCUT2D eigenvalue weighted by molar-refractivity contribution is 0.682. The molecule has 1 unspecified atom stereocenters. The van der Waals surface area contributed by atoms with E-state index in [1.807, 2.05) is 11.8 Å². The summed E-state index contributed by atoms with van der Waals surface area (Å²) in [5.74, 6) is 2.86. The van der Waals surface area contributed by atoms with Gasteiger partial charge in [-0.2, -0.15) is 11.8 Å². The lowest BCUT2D eigenvalue weighted by Crippen LogP contribution is -2.03. The molecular formula is C10H16N2OS2. The van der Waals surface area contributed by atoms with Crippen LogP contribution in [0.5, 0.6) is 0 Å². The number of anilines is 1. The molecule has 0 saturated heterocycles. The second-order valence-corrected chi connectivity index (χ2v) is 5.95. The van der Waals surface area contributed by atoms with Crippen LogP contribution in [0.3, 0.4) is 0 Å². The van der Waals surface area contributed by atoms with Crippen LogP contribution in [0.15, 0.2) is 23.4 Å². The van der Waals surface area contributed by atoms with E-state index in [0.29, 0.717) is 16.3 Å².